The summed E-state index contributed by atoms with van der Waals surface area (Å²) in [7, 11) is -3.47. The maximum Gasteiger partial charge on any atom is 0.253 e. The zero-order valence-electron chi connectivity index (χ0n) is 20.7. The third-order valence-electron chi connectivity index (χ3n) is 7.05. The van der Waals surface area contributed by atoms with Gasteiger partial charge in [0.25, 0.3) is 5.91 Å². The number of nitrogens with zero attached hydrogens (tertiary/aromatic N) is 5. The van der Waals surface area contributed by atoms with Crippen LogP contribution in [0.2, 0.25) is 0 Å². The second-order valence-electron chi connectivity index (χ2n) is 10.0. The lowest BCUT2D eigenvalue weighted by atomic mass is 9.89. The molecule has 1 saturated carbocycles. The highest BCUT2D eigenvalue weighted by atomic mass is 32.2. The van der Waals surface area contributed by atoms with Crippen molar-refractivity contribution in [2.75, 3.05) is 24.2 Å². The molecule has 194 valence electrons. The summed E-state index contributed by atoms with van der Waals surface area (Å²) in [5, 5.41) is 14.3. The van der Waals surface area contributed by atoms with Gasteiger partial charge in [-0.3, -0.25) is 14.8 Å². The molecule has 2 aliphatic rings. The first-order valence-electron chi connectivity index (χ1n) is 12.3. The Labute approximate surface area is 219 Å². The van der Waals surface area contributed by atoms with Crippen molar-refractivity contribution in [3.8, 4) is 11.4 Å². The van der Waals surface area contributed by atoms with Crippen LogP contribution in [0.3, 0.4) is 0 Å². The molecule has 1 aliphatic carbocycles. The largest absolute Gasteiger partial charge is 0.386 e. The molecule has 1 saturated heterocycles. The van der Waals surface area contributed by atoms with E-state index in [9.17, 15) is 18.3 Å². The number of sulfone groups is 1. The van der Waals surface area contributed by atoms with Gasteiger partial charge >= 0.3 is 0 Å². The maximum atomic E-state index is 12.6. The first-order valence-corrected chi connectivity index (χ1v) is 14.2. The zero-order chi connectivity index (χ0) is 26.5. The Bertz CT molecular complexity index is 1670. The first kappa shape index (κ1) is 24.4. The minimum absolute atomic E-state index is 0.0175. The van der Waals surface area contributed by atoms with Gasteiger partial charge in [0.1, 0.15) is 11.4 Å². The van der Waals surface area contributed by atoms with Crippen molar-refractivity contribution in [2.45, 2.75) is 29.9 Å². The minimum atomic E-state index is -3.47. The molecule has 0 aromatic carbocycles. The van der Waals surface area contributed by atoms with E-state index in [0.717, 1.165) is 36.0 Å². The normalized spacial score (nSPS) is 16.7. The molecule has 2 N–H and O–H groups in total. The van der Waals surface area contributed by atoms with Crippen molar-refractivity contribution in [3.63, 3.8) is 0 Å². The Morgan fingerprint density at radius 1 is 1.08 bits per heavy atom. The van der Waals surface area contributed by atoms with Crippen LogP contribution in [0.25, 0.3) is 22.3 Å². The predicted molar refractivity (Wildman–Crippen MR) is 141 cm³/mol. The van der Waals surface area contributed by atoms with Crippen molar-refractivity contribution in [2.24, 2.45) is 5.92 Å². The monoisotopic (exact) mass is 530 g/mol. The standard InChI is InChI=1S/C27H26N6O4S/c1-38(36,37)21-9-18(11-28-14-21)26(34)30-13-20-10-24-17(12-29-20)5-8-23(31-24)22-3-2-4-25(32-22)33-15-27(35,16-33)19-6-7-19/h2-5,8-12,14,19,35H,6-7,13,15-16H2,1H3,(H,30,34). The highest BCUT2D eigenvalue weighted by Crippen LogP contribution is 2.45. The summed E-state index contributed by atoms with van der Waals surface area (Å²) >= 11 is 0. The molecule has 10 nitrogen and oxygen atoms in total. The lowest BCUT2D eigenvalue weighted by Gasteiger charge is -2.47. The van der Waals surface area contributed by atoms with E-state index in [2.05, 4.69) is 20.2 Å². The highest BCUT2D eigenvalue weighted by molar-refractivity contribution is 7.90. The van der Waals surface area contributed by atoms with E-state index in [1.54, 1.807) is 12.3 Å². The number of aliphatic hydroxyl groups is 1. The van der Waals surface area contributed by atoms with Crippen molar-refractivity contribution in [1.82, 2.24) is 25.3 Å². The first-order chi connectivity index (χ1) is 18.2. The van der Waals surface area contributed by atoms with Gasteiger partial charge in [-0.25, -0.2) is 18.4 Å². The maximum absolute atomic E-state index is 12.6. The Morgan fingerprint density at radius 3 is 2.63 bits per heavy atom. The number of aromatic nitrogens is 4. The van der Waals surface area contributed by atoms with Gasteiger partial charge in [0.2, 0.25) is 0 Å². The Morgan fingerprint density at radius 2 is 1.87 bits per heavy atom. The lowest BCUT2D eigenvalue weighted by Crippen LogP contribution is -2.63. The van der Waals surface area contributed by atoms with Gasteiger partial charge in [-0.1, -0.05) is 6.07 Å². The van der Waals surface area contributed by atoms with Gasteiger partial charge in [-0.05, 0) is 55.2 Å². The molecule has 0 radical (unpaired) electrons. The molecule has 1 aliphatic heterocycles. The van der Waals surface area contributed by atoms with Crippen molar-refractivity contribution < 1.29 is 18.3 Å². The van der Waals surface area contributed by atoms with E-state index >= 15 is 0 Å². The zero-order valence-corrected chi connectivity index (χ0v) is 21.5. The van der Waals surface area contributed by atoms with Gasteiger partial charge < -0.3 is 15.3 Å². The number of nitrogens with one attached hydrogen (secondary N) is 1. The van der Waals surface area contributed by atoms with Gasteiger partial charge in [0, 0.05) is 30.2 Å². The van der Waals surface area contributed by atoms with Crippen LogP contribution >= 0.6 is 0 Å². The number of pyridine rings is 4. The van der Waals surface area contributed by atoms with Crippen molar-refractivity contribution >= 4 is 32.5 Å². The van der Waals surface area contributed by atoms with Crippen LogP contribution in [0.15, 0.2) is 66.0 Å². The highest BCUT2D eigenvalue weighted by Gasteiger charge is 2.52. The second kappa shape index (κ2) is 9.10. The molecule has 0 bridgehead atoms. The van der Waals surface area contributed by atoms with E-state index in [-0.39, 0.29) is 17.0 Å². The third kappa shape index (κ3) is 4.82. The van der Waals surface area contributed by atoms with Crippen LogP contribution in [0.1, 0.15) is 28.9 Å². The fourth-order valence-electron chi connectivity index (χ4n) is 4.71. The lowest BCUT2D eigenvalue weighted by molar-refractivity contribution is -0.00973. The van der Waals surface area contributed by atoms with Crippen molar-refractivity contribution in [3.05, 3.63) is 72.3 Å². The van der Waals surface area contributed by atoms with Crippen LogP contribution in [0, 0.1) is 5.92 Å². The Kier molecular flexibility index (Phi) is 5.84. The third-order valence-corrected chi connectivity index (χ3v) is 8.13. The summed E-state index contributed by atoms with van der Waals surface area (Å²) in [5.74, 6) is 0.792. The fraction of sp³-hybridized carbons (Fsp3) is 0.296. The number of hydrogen-bond acceptors (Lipinski definition) is 9. The van der Waals surface area contributed by atoms with E-state index in [0.29, 0.717) is 35.9 Å². The molecular weight excluding hydrogens is 504 g/mol. The molecule has 38 heavy (non-hydrogen) atoms. The minimum Gasteiger partial charge on any atom is -0.386 e. The molecule has 0 spiro atoms. The molecule has 5 heterocycles. The molecular formula is C27H26N6O4S. The summed E-state index contributed by atoms with van der Waals surface area (Å²) in [6.45, 7) is 1.35. The van der Waals surface area contributed by atoms with E-state index in [1.165, 1.54) is 18.5 Å². The van der Waals surface area contributed by atoms with Crippen LogP contribution in [0.4, 0.5) is 5.82 Å². The molecule has 4 aromatic rings. The Hall–Kier alpha value is -3.96. The van der Waals surface area contributed by atoms with Gasteiger partial charge in [0.15, 0.2) is 9.84 Å². The molecule has 4 aromatic heterocycles. The number of anilines is 1. The SMILES string of the molecule is CS(=O)(=O)c1cncc(C(=O)NCc2cc3nc(-c4cccc(N5CC(O)(C6CC6)C5)n4)ccc3cn2)c1. The molecule has 0 atom stereocenters. The van der Waals surface area contributed by atoms with Gasteiger partial charge in [-0.2, -0.15) is 0 Å². The average molecular weight is 531 g/mol. The topological polar surface area (TPSA) is 138 Å². The number of fused-ring (bicyclic) bond motifs is 1. The molecule has 6 rings (SSSR count). The van der Waals surface area contributed by atoms with E-state index in [1.807, 2.05) is 30.3 Å². The quantitative estimate of drug-likeness (QED) is 0.369. The fourth-order valence-corrected chi connectivity index (χ4v) is 5.31. The molecule has 0 unspecified atom stereocenters. The number of β-amino-alcohol motifs (C(OH)–C–C–N with tert-alkyl or cyclic N) is 1. The summed E-state index contributed by atoms with van der Waals surface area (Å²) in [6, 6.07) is 12.7. The Balaban J connectivity index is 1.17. The van der Waals surface area contributed by atoms with Crippen LogP contribution in [-0.2, 0) is 16.4 Å². The van der Waals surface area contributed by atoms with Crippen molar-refractivity contribution in [1.29, 1.82) is 0 Å². The molecule has 1 amide bonds. The number of hydrogen-bond donors (Lipinski definition) is 2. The van der Waals surface area contributed by atoms with Crippen LogP contribution in [0.5, 0.6) is 0 Å². The summed E-state index contributed by atoms with van der Waals surface area (Å²) in [4.78, 5) is 32.5. The van der Waals surface area contributed by atoms with Gasteiger partial charge in [0.05, 0.1) is 52.7 Å². The second-order valence-corrected chi connectivity index (χ2v) is 12.1. The summed E-state index contributed by atoms with van der Waals surface area (Å²) < 4.78 is 23.5. The smallest absolute Gasteiger partial charge is 0.253 e. The predicted octanol–water partition coefficient (Wildman–Crippen LogP) is 2.38. The summed E-state index contributed by atoms with van der Waals surface area (Å²) in [6.07, 6.45) is 7.50. The van der Waals surface area contributed by atoms with Crippen LogP contribution in [-0.4, -0.2) is 64.3 Å². The molecule has 2 fully saturated rings. The van der Waals surface area contributed by atoms with E-state index < -0.39 is 21.3 Å². The molecule has 11 heteroatoms. The number of rotatable bonds is 7. The van der Waals surface area contributed by atoms with Crippen LogP contribution < -0.4 is 10.2 Å². The number of carbonyl (C=O) groups excluding carboxylic acids is 1. The number of carbonyl (C=O) groups is 1. The van der Waals surface area contributed by atoms with Gasteiger partial charge in [-0.15, -0.1) is 0 Å². The summed E-state index contributed by atoms with van der Waals surface area (Å²) in [5.41, 5.74) is 2.33. The average Bonchev–Trinajstić information content (AvgIpc) is 3.75. The van der Waals surface area contributed by atoms with E-state index in [4.69, 9.17) is 9.97 Å². The number of amides is 1.